The zero-order valence-corrected chi connectivity index (χ0v) is 23.1. The molecule has 0 radical (unpaired) electrons. The molecule has 1 saturated heterocycles. The van der Waals surface area contributed by atoms with E-state index in [1.54, 1.807) is 30.9 Å². The van der Waals surface area contributed by atoms with Gasteiger partial charge in [0, 0.05) is 56.0 Å². The Morgan fingerprint density at radius 1 is 1.00 bits per heavy atom. The summed E-state index contributed by atoms with van der Waals surface area (Å²) in [5.41, 5.74) is -1.27. The van der Waals surface area contributed by atoms with Crippen molar-refractivity contribution in [3.05, 3.63) is 46.4 Å². The third kappa shape index (κ3) is 5.02. The number of hydrogen-bond acceptors (Lipinski definition) is 4. The van der Waals surface area contributed by atoms with Crippen LogP contribution in [-0.2, 0) is 11.3 Å². The number of rotatable bonds is 6. The molecule has 1 spiro atoms. The summed E-state index contributed by atoms with van der Waals surface area (Å²) in [6.07, 6.45) is 13.8. The second kappa shape index (κ2) is 10.8. The number of carbonyl (C=O) groups excluding carboxylic acids is 2. The molecular weight excluding hydrogens is 478 g/mol. The van der Waals surface area contributed by atoms with Gasteiger partial charge >= 0.3 is 0 Å². The van der Waals surface area contributed by atoms with E-state index in [2.05, 4.69) is 0 Å². The highest BCUT2D eigenvalue weighted by Gasteiger charge is 2.55. The van der Waals surface area contributed by atoms with Gasteiger partial charge in [-0.3, -0.25) is 14.4 Å². The number of likely N-dealkylation sites (tertiary alicyclic amines) is 1. The fourth-order valence-corrected chi connectivity index (χ4v) is 7.43. The maximum atomic E-state index is 13.6. The van der Waals surface area contributed by atoms with E-state index < -0.39 is 11.0 Å². The topological polar surface area (TPSA) is 82.8 Å². The molecule has 3 fully saturated rings. The van der Waals surface area contributed by atoms with Gasteiger partial charge in [0.05, 0.1) is 17.7 Å². The fourth-order valence-electron chi connectivity index (χ4n) is 7.43. The second-order valence-electron chi connectivity index (χ2n) is 12.3. The van der Waals surface area contributed by atoms with Crippen LogP contribution in [0.4, 0.5) is 0 Å². The van der Waals surface area contributed by atoms with E-state index in [4.69, 9.17) is 0 Å². The van der Waals surface area contributed by atoms with Crippen LogP contribution in [0.15, 0.2) is 35.3 Å². The quantitative estimate of drug-likeness (QED) is 0.603. The first kappa shape index (κ1) is 26.9. The number of carbonyl (C=O) groups is 2. The first-order valence-electron chi connectivity index (χ1n) is 14.6. The van der Waals surface area contributed by atoms with Crippen LogP contribution in [0.1, 0.15) is 87.4 Å². The maximum absolute atomic E-state index is 13.6. The minimum atomic E-state index is -1.12. The average molecular weight is 522 g/mol. The molecule has 38 heavy (non-hydrogen) atoms. The van der Waals surface area contributed by atoms with Gasteiger partial charge in [-0.1, -0.05) is 63.1 Å². The molecule has 0 bridgehead atoms. The van der Waals surface area contributed by atoms with Crippen molar-refractivity contribution < 1.29 is 14.7 Å². The number of amides is 2. The molecule has 2 aromatic rings. The molecule has 1 unspecified atom stereocenters. The molecule has 206 valence electrons. The van der Waals surface area contributed by atoms with E-state index in [-0.39, 0.29) is 23.9 Å². The van der Waals surface area contributed by atoms with Crippen LogP contribution in [0.5, 0.6) is 0 Å². The highest BCUT2D eigenvalue weighted by Crippen LogP contribution is 2.51. The molecule has 2 amide bonds. The molecular formula is C31H43N3O4. The maximum Gasteiger partial charge on any atom is 0.258 e. The number of benzene rings is 1. The third-order valence-corrected chi connectivity index (χ3v) is 9.74. The summed E-state index contributed by atoms with van der Waals surface area (Å²) in [5, 5.41) is 13.4. The first-order chi connectivity index (χ1) is 18.2. The van der Waals surface area contributed by atoms with Gasteiger partial charge in [0.15, 0.2) is 0 Å². The predicted octanol–water partition coefficient (Wildman–Crippen LogP) is 4.59. The third-order valence-electron chi connectivity index (χ3n) is 9.74. The summed E-state index contributed by atoms with van der Waals surface area (Å²) >= 11 is 0. The minimum absolute atomic E-state index is 0.133. The zero-order valence-electron chi connectivity index (χ0n) is 23.1. The molecule has 1 N–H and O–H groups in total. The van der Waals surface area contributed by atoms with Gasteiger partial charge in [-0.25, -0.2) is 0 Å². The van der Waals surface area contributed by atoms with Crippen molar-refractivity contribution in [2.45, 2.75) is 89.2 Å². The average Bonchev–Trinajstić information content (AvgIpc) is 3.41. The van der Waals surface area contributed by atoms with Gasteiger partial charge in [-0.15, -0.1) is 0 Å². The van der Waals surface area contributed by atoms with E-state index in [1.807, 2.05) is 23.1 Å². The standard InChI is InChI=1S/C31H43N3O4/c1-32(2)28(36)26-20-34(29(37)25-13-7-6-12-24(25)26)22-31(38)18-19-33(21-30(31)16-8-9-17-30)27(35)15-14-23-10-4-3-5-11-23/h6-7,12-13,20,23,38H,3-5,8-11,14-19,21-22H2,1-2H3. The lowest BCUT2D eigenvalue weighted by atomic mass is 9.65. The Morgan fingerprint density at radius 3 is 2.37 bits per heavy atom. The molecule has 3 aliphatic rings. The summed E-state index contributed by atoms with van der Waals surface area (Å²) in [6, 6.07) is 7.20. The molecule has 2 aliphatic carbocycles. The largest absolute Gasteiger partial charge is 0.387 e. The number of aliphatic hydroxyl groups is 1. The van der Waals surface area contributed by atoms with E-state index in [1.165, 1.54) is 37.0 Å². The van der Waals surface area contributed by atoms with Gasteiger partial charge in [-0.05, 0) is 37.7 Å². The van der Waals surface area contributed by atoms with Crippen LogP contribution in [0.3, 0.4) is 0 Å². The number of fused-ring (bicyclic) bond motifs is 1. The van der Waals surface area contributed by atoms with E-state index in [0.717, 1.165) is 32.1 Å². The Morgan fingerprint density at radius 2 is 1.68 bits per heavy atom. The van der Waals surface area contributed by atoms with Crippen molar-refractivity contribution >= 4 is 22.6 Å². The lowest BCUT2D eigenvalue weighted by molar-refractivity contribution is -0.160. The van der Waals surface area contributed by atoms with Crippen LogP contribution in [0, 0.1) is 11.3 Å². The number of nitrogens with zero attached hydrogens (tertiary/aromatic N) is 3. The smallest absolute Gasteiger partial charge is 0.258 e. The van der Waals surface area contributed by atoms with Crippen molar-refractivity contribution in [1.29, 1.82) is 0 Å². The second-order valence-corrected chi connectivity index (χ2v) is 12.3. The van der Waals surface area contributed by atoms with Crippen LogP contribution in [-0.4, -0.2) is 64.1 Å². The van der Waals surface area contributed by atoms with Gasteiger partial charge < -0.3 is 19.5 Å². The van der Waals surface area contributed by atoms with Crippen LogP contribution < -0.4 is 5.56 Å². The summed E-state index contributed by atoms with van der Waals surface area (Å²) < 4.78 is 1.56. The Balaban J connectivity index is 1.40. The molecule has 7 heteroatoms. The highest BCUT2D eigenvalue weighted by molar-refractivity contribution is 6.06. The van der Waals surface area contributed by atoms with Crippen molar-refractivity contribution in [2.75, 3.05) is 27.2 Å². The SMILES string of the molecule is CN(C)C(=O)c1cn(CC2(O)CCN(C(=O)CCC3CCCCC3)CC23CCCC3)c(=O)c2ccccc12. The summed E-state index contributed by atoms with van der Waals surface area (Å²) in [6.45, 7) is 1.20. The van der Waals surface area contributed by atoms with E-state index in [9.17, 15) is 19.5 Å². The number of piperidine rings is 1. The van der Waals surface area contributed by atoms with E-state index >= 15 is 0 Å². The number of hydrogen-bond donors (Lipinski definition) is 1. The lowest BCUT2D eigenvalue weighted by Crippen LogP contribution is -2.62. The predicted molar refractivity (Wildman–Crippen MR) is 149 cm³/mol. The van der Waals surface area contributed by atoms with Crippen LogP contribution in [0.25, 0.3) is 10.8 Å². The highest BCUT2D eigenvalue weighted by atomic mass is 16.3. The van der Waals surface area contributed by atoms with Gasteiger partial charge in [0.1, 0.15) is 0 Å². The molecule has 5 rings (SSSR count). The van der Waals surface area contributed by atoms with Crippen molar-refractivity contribution in [3.63, 3.8) is 0 Å². The zero-order chi connectivity index (χ0) is 26.9. The van der Waals surface area contributed by atoms with Crippen molar-refractivity contribution in [3.8, 4) is 0 Å². The Labute approximate surface area is 225 Å². The molecule has 2 heterocycles. The molecule has 1 aliphatic heterocycles. The first-order valence-corrected chi connectivity index (χ1v) is 14.6. The Bertz CT molecular complexity index is 1240. The fraction of sp³-hybridized carbons (Fsp3) is 0.645. The lowest BCUT2D eigenvalue weighted by Gasteiger charge is -2.52. The van der Waals surface area contributed by atoms with Gasteiger partial charge in [0.25, 0.3) is 11.5 Å². The van der Waals surface area contributed by atoms with Crippen LogP contribution >= 0.6 is 0 Å². The molecule has 7 nitrogen and oxygen atoms in total. The van der Waals surface area contributed by atoms with Gasteiger partial charge in [-0.2, -0.15) is 0 Å². The molecule has 1 atom stereocenters. The van der Waals surface area contributed by atoms with Gasteiger partial charge in [0.2, 0.25) is 5.91 Å². The van der Waals surface area contributed by atoms with Crippen LogP contribution in [0.2, 0.25) is 0 Å². The summed E-state index contributed by atoms with van der Waals surface area (Å²) in [7, 11) is 3.41. The molecule has 1 aromatic heterocycles. The normalized spacial score (nSPS) is 23.7. The minimum Gasteiger partial charge on any atom is -0.387 e. The summed E-state index contributed by atoms with van der Waals surface area (Å²) in [4.78, 5) is 43.4. The summed E-state index contributed by atoms with van der Waals surface area (Å²) in [5.74, 6) is 0.718. The number of aromatic nitrogens is 1. The number of pyridine rings is 1. The Hall–Kier alpha value is -2.67. The van der Waals surface area contributed by atoms with Crippen molar-refractivity contribution in [1.82, 2.24) is 14.4 Å². The van der Waals surface area contributed by atoms with Crippen molar-refractivity contribution in [2.24, 2.45) is 11.3 Å². The molecule has 2 saturated carbocycles. The Kier molecular flexibility index (Phi) is 7.67. The monoisotopic (exact) mass is 521 g/mol. The van der Waals surface area contributed by atoms with E-state index in [0.29, 0.717) is 48.2 Å². The molecule has 1 aromatic carbocycles.